The van der Waals surface area contributed by atoms with Crippen molar-refractivity contribution in [3.8, 4) is 0 Å². The van der Waals surface area contributed by atoms with Crippen molar-refractivity contribution in [3.05, 3.63) is 53.2 Å². The molecule has 18 heavy (non-hydrogen) atoms. The molecule has 0 aliphatic carbocycles. The van der Waals surface area contributed by atoms with Gasteiger partial charge in [0.25, 0.3) is 0 Å². The van der Waals surface area contributed by atoms with Crippen LogP contribution in [0, 0.1) is 0 Å². The summed E-state index contributed by atoms with van der Waals surface area (Å²) in [5.41, 5.74) is 7.70. The van der Waals surface area contributed by atoms with Crippen molar-refractivity contribution in [2.45, 2.75) is 19.4 Å². The predicted molar refractivity (Wildman–Crippen MR) is 76.8 cm³/mol. The second-order valence-corrected chi connectivity index (χ2v) is 4.47. The molecule has 1 atom stereocenters. The predicted octanol–water partition coefficient (Wildman–Crippen LogP) is 3.88. The summed E-state index contributed by atoms with van der Waals surface area (Å²) in [4.78, 5) is 4.22. The molecule has 94 valence electrons. The highest BCUT2D eigenvalue weighted by atomic mass is 35.5. The number of rotatable bonds is 4. The van der Waals surface area contributed by atoms with Crippen LogP contribution in [-0.2, 0) is 0 Å². The number of nitrogens with one attached hydrogen (secondary N) is 1. The smallest absolute Gasteiger partial charge is 0.151 e. The summed E-state index contributed by atoms with van der Waals surface area (Å²) in [6.07, 6.45) is 0.942. The Morgan fingerprint density at radius 3 is 2.61 bits per heavy atom. The number of aromatic nitrogens is 1. The first-order valence-electron chi connectivity index (χ1n) is 5.94. The average Bonchev–Trinajstić information content (AvgIpc) is 2.41. The molecule has 2 aromatic rings. The Kier molecular flexibility index (Phi) is 4.05. The topological polar surface area (TPSA) is 50.9 Å². The van der Waals surface area contributed by atoms with E-state index in [1.165, 1.54) is 5.56 Å². The molecule has 0 unspecified atom stereocenters. The van der Waals surface area contributed by atoms with Crippen LogP contribution in [0.3, 0.4) is 0 Å². The Morgan fingerprint density at radius 1 is 1.22 bits per heavy atom. The highest BCUT2D eigenvalue weighted by Crippen LogP contribution is 2.25. The number of hydrogen-bond acceptors (Lipinski definition) is 3. The molecule has 1 aromatic carbocycles. The molecule has 0 amide bonds. The Morgan fingerprint density at radius 2 is 1.94 bits per heavy atom. The van der Waals surface area contributed by atoms with Crippen molar-refractivity contribution in [2.75, 3.05) is 11.1 Å². The summed E-state index contributed by atoms with van der Waals surface area (Å²) >= 11 is 5.88. The first-order chi connectivity index (χ1) is 8.70. The maximum Gasteiger partial charge on any atom is 0.151 e. The monoisotopic (exact) mass is 261 g/mol. The van der Waals surface area contributed by atoms with Crippen LogP contribution in [0.25, 0.3) is 0 Å². The molecule has 3 nitrogen and oxygen atoms in total. The summed E-state index contributed by atoms with van der Waals surface area (Å²) in [5, 5.41) is 3.77. The second kappa shape index (κ2) is 5.74. The third-order valence-corrected chi connectivity index (χ3v) is 3.02. The van der Waals surface area contributed by atoms with Crippen molar-refractivity contribution in [1.29, 1.82) is 0 Å². The molecule has 0 saturated heterocycles. The van der Waals surface area contributed by atoms with Gasteiger partial charge in [0.15, 0.2) is 5.82 Å². The lowest BCUT2D eigenvalue weighted by atomic mass is 10.0. The van der Waals surface area contributed by atoms with E-state index < -0.39 is 0 Å². The molecule has 2 rings (SSSR count). The van der Waals surface area contributed by atoms with E-state index in [9.17, 15) is 0 Å². The molecule has 3 N–H and O–H groups in total. The van der Waals surface area contributed by atoms with Gasteiger partial charge < -0.3 is 11.1 Å². The minimum absolute atomic E-state index is 0.180. The molecule has 0 spiro atoms. The first kappa shape index (κ1) is 12.7. The largest absolute Gasteiger partial charge is 0.396 e. The SMILES string of the molecule is CC[C@H](Nc1nc(Cl)ccc1N)c1ccccc1. The van der Waals surface area contributed by atoms with Gasteiger partial charge in [0, 0.05) is 0 Å². The second-order valence-electron chi connectivity index (χ2n) is 4.09. The van der Waals surface area contributed by atoms with Crippen molar-refractivity contribution in [3.63, 3.8) is 0 Å². The summed E-state index contributed by atoms with van der Waals surface area (Å²) in [7, 11) is 0. The number of hydrogen-bond donors (Lipinski definition) is 2. The fourth-order valence-electron chi connectivity index (χ4n) is 1.83. The molecular weight excluding hydrogens is 246 g/mol. The van der Waals surface area contributed by atoms with Gasteiger partial charge >= 0.3 is 0 Å². The molecule has 1 aromatic heterocycles. The quantitative estimate of drug-likeness (QED) is 0.821. The van der Waals surface area contributed by atoms with Crippen molar-refractivity contribution in [1.82, 2.24) is 4.98 Å². The van der Waals surface area contributed by atoms with Crippen LogP contribution in [0.4, 0.5) is 11.5 Å². The molecule has 0 radical (unpaired) electrons. The number of nitrogen functional groups attached to an aromatic ring is 1. The zero-order chi connectivity index (χ0) is 13.0. The highest BCUT2D eigenvalue weighted by Gasteiger charge is 2.11. The van der Waals surface area contributed by atoms with Gasteiger partial charge in [-0.25, -0.2) is 4.98 Å². The van der Waals surface area contributed by atoms with Crippen LogP contribution in [0.1, 0.15) is 24.9 Å². The first-order valence-corrected chi connectivity index (χ1v) is 6.32. The lowest BCUT2D eigenvalue weighted by Gasteiger charge is -2.19. The number of pyridine rings is 1. The molecule has 1 heterocycles. The lowest BCUT2D eigenvalue weighted by Crippen LogP contribution is -2.12. The summed E-state index contributed by atoms with van der Waals surface area (Å²) in [5.74, 6) is 0.637. The van der Waals surface area contributed by atoms with E-state index in [1.807, 2.05) is 18.2 Å². The number of nitrogens with zero attached hydrogens (tertiary/aromatic N) is 1. The van der Waals surface area contributed by atoms with Crippen molar-refractivity contribution >= 4 is 23.1 Å². The number of benzene rings is 1. The van der Waals surface area contributed by atoms with Gasteiger partial charge in [-0.2, -0.15) is 0 Å². The standard InChI is InChI=1S/C14H16ClN3/c1-2-12(10-6-4-3-5-7-10)17-14-11(16)8-9-13(15)18-14/h3-9,12H,2,16H2,1H3,(H,17,18)/t12-/m0/s1. The molecular formula is C14H16ClN3. The molecule has 0 saturated carbocycles. The minimum Gasteiger partial charge on any atom is -0.396 e. The Hall–Kier alpha value is -1.74. The van der Waals surface area contributed by atoms with Crippen molar-refractivity contribution < 1.29 is 0 Å². The maximum atomic E-state index is 5.89. The summed E-state index contributed by atoms with van der Waals surface area (Å²) in [6.45, 7) is 2.12. The van der Waals surface area contributed by atoms with Gasteiger partial charge in [0.2, 0.25) is 0 Å². The van der Waals surface area contributed by atoms with E-state index in [0.717, 1.165) is 6.42 Å². The Balaban J connectivity index is 2.23. The van der Waals surface area contributed by atoms with Gasteiger partial charge in [-0.3, -0.25) is 0 Å². The van der Waals surface area contributed by atoms with E-state index in [0.29, 0.717) is 16.7 Å². The van der Waals surface area contributed by atoms with Crippen LogP contribution >= 0.6 is 11.6 Å². The van der Waals surface area contributed by atoms with Gasteiger partial charge in [0.05, 0.1) is 11.7 Å². The summed E-state index contributed by atoms with van der Waals surface area (Å²) in [6, 6.07) is 13.8. The normalized spacial score (nSPS) is 12.1. The van der Waals surface area contributed by atoms with E-state index in [4.69, 9.17) is 17.3 Å². The third kappa shape index (κ3) is 2.93. The van der Waals surface area contributed by atoms with Crippen LogP contribution in [-0.4, -0.2) is 4.98 Å². The minimum atomic E-state index is 0.180. The fourth-order valence-corrected chi connectivity index (χ4v) is 1.98. The van der Waals surface area contributed by atoms with E-state index in [2.05, 4.69) is 29.4 Å². The van der Waals surface area contributed by atoms with E-state index >= 15 is 0 Å². The zero-order valence-electron chi connectivity index (χ0n) is 10.2. The Labute approximate surface area is 112 Å². The number of anilines is 2. The molecule has 0 aliphatic heterocycles. The third-order valence-electron chi connectivity index (χ3n) is 2.81. The molecule has 0 bridgehead atoms. The van der Waals surface area contributed by atoms with Gasteiger partial charge in [-0.15, -0.1) is 0 Å². The van der Waals surface area contributed by atoms with E-state index in [-0.39, 0.29) is 6.04 Å². The molecule has 4 heteroatoms. The van der Waals surface area contributed by atoms with Gasteiger partial charge in [-0.1, -0.05) is 48.9 Å². The number of nitrogens with two attached hydrogens (primary N) is 1. The van der Waals surface area contributed by atoms with E-state index in [1.54, 1.807) is 12.1 Å². The average molecular weight is 262 g/mol. The zero-order valence-corrected chi connectivity index (χ0v) is 11.0. The lowest BCUT2D eigenvalue weighted by molar-refractivity contribution is 0.745. The summed E-state index contributed by atoms with van der Waals surface area (Å²) < 4.78 is 0. The molecule has 0 fully saturated rings. The van der Waals surface area contributed by atoms with Gasteiger partial charge in [0.1, 0.15) is 5.15 Å². The van der Waals surface area contributed by atoms with Crippen LogP contribution in [0.5, 0.6) is 0 Å². The van der Waals surface area contributed by atoms with Crippen LogP contribution in [0.15, 0.2) is 42.5 Å². The molecule has 0 aliphatic rings. The van der Waals surface area contributed by atoms with Crippen LogP contribution in [0.2, 0.25) is 5.15 Å². The Bertz CT molecular complexity index is 514. The van der Waals surface area contributed by atoms with Crippen molar-refractivity contribution in [2.24, 2.45) is 0 Å². The fraction of sp³-hybridized carbons (Fsp3) is 0.214. The highest BCUT2D eigenvalue weighted by molar-refractivity contribution is 6.29. The maximum absolute atomic E-state index is 5.89. The van der Waals surface area contributed by atoms with Crippen LogP contribution < -0.4 is 11.1 Å². The van der Waals surface area contributed by atoms with Gasteiger partial charge in [-0.05, 0) is 24.1 Å². The number of halogens is 1.